The van der Waals surface area contributed by atoms with Crippen LogP contribution in [-0.4, -0.2) is 44.8 Å². The summed E-state index contributed by atoms with van der Waals surface area (Å²) in [6, 6.07) is 0. The third-order valence-corrected chi connectivity index (χ3v) is 4.30. The standard InChI is InChI=1S/2C8H16O2/c2*9-7-3-1-4-8(10)6-2-5-7/h2*7-10H,1-6H2. The molecule has 0 atom stereocenters. The molecule has 0 amide bonds. The highest BCUT2D eigenvalue weighted by molar-refractivity contribution is 4.66. The van der Waals surface area contributed by atoms with E-state index in [0.29, 0.717) is 0 Å². The van der Waals surface area contributed by atoms with E-state index < -0.39 is 0 Å². The predicted octanol–water partition coefficient (Wildman–Crippen LogP) is 2.12. The molecule has 120 valence electrons. The zero-order valence-corrected chi connectivity index (χ0v) is 12.6. The Bertz CT molecular complexity index is 171. The van der Waals surface area contributed by atoms with Crippen molar-refractivity contribution in [3.8, 4) is 0 Å². The average molecular weight is 288 g/mol. The fourth-order valence-corrected chi connectivity index (χ4v) is 2.93. The summed E-state index contributed by atoms with van der Waals surface area (Å²) in [5.74, 6) is 0. The molecular weight excluding hydrogens is 256 g/mol. The highest BCUT2D eigenvalue weighted by Crippen LogP contribution is 2.17. The lowest BCUT2D eigenvalue weighted by Gasteiger charge is -2.17. The number of hydrogen-bond acceptors (Lipinski definition) is 4. The molecule has 2 aliphatic carbocycles. The topological polar surface area (TPSA) is 80.9 Å². The van der Waals surface area contributed by atoms with Gasteiger partial charge in [-0.1, -0.05) is 0 Å². The Morgan fingerprint density at radius 1 is 0.350 bits per heavy atom. The first-order chi connectivity index (χ1) is 9.58. The predicted molar refractivity (Wildman–Crippen MR) is 79.4 cm³/mol. The van der Waals surface area contributed by atoms with Crippen LogP contribution in [0.4, 0.5) is 0 Å². The van der Waals surface area contributed by atoms with Crippen molar-refractivity contribution in [1.29, 1.82) is 0 Å². The van der Waals surface area contributed by atoms with Gasteiger partial charge in [0.25, 0.3) is 0 Å². The van der Waals surface area contributed by atoms with Crippen LogP contribution in [0.3, 0.4) is 0 Å². The Morgan fingerprint density at radius 3 is 0.650 bits per heavy atom. The zero-order chi connectivity index (χ0) is 14.8. The minimum Gasteiger partial charge on any atom is -0.393 e. The van der Waals surface area contributed by atoms with Crippen molar-refractivity contribution in [3.05, 3.63) is 0 Å². The van der Waals surface area contributed by atoms with Crippen LogP contribution in [0.5, 0.6) is 0 Å². The molecule has 0 saturated heterocycles. The molecule has 0 radical (unpaired) electrons. The van der Waals surface area contributed by atoms with Crippen molar-refractivity contribution in [2.75, 3.05) is 0 Å². The maximum Gasteiger partial charge on any atom is 0.0540 e. The molecule has 4 N–H and O–H groups in total. The molecule has 2 saturated carbocycles. The van der Waals surface area contributed by atoms with Gasteiger partial charge in [-0.15, -0.1) is 0 Å². The monoisotopic (exact) mass is 288 g/mol. The van der Waals surface area contributed by atoms with Crippen molar-refractivity contribution < 1.29 is 20.4 Å². The largest absolute Gasteiger partial charge is 0.393 e. The first-order valence-electron chi connectivity index (χ1n) is 8.30. The Morgan fingerprint density at radius 2 is 0.500 bits per heavy atom. The fraction of sp³-hybridized carbons (Fsp3) is 1.00. The average Bonchev–Trinajstić information content (AvgIpc) is 2.35. The highest BCUT2D eigenvalue weighted by Gasteiger charge is 2.12. The molecule has 2 fully saturated rings. The molecule has 0 spiro atoms. The van der Waals surface area contributed by atoms with Crippen molar-refractivity contribution in [2.45, 2.75) is 101 Å². The van der Waals surface area contributed by atoms with E-state index >= 15 is 0 Å². The van der Waals surface area contributed by atoms with Gasteiger partial charge in [0.2, 0.25) is 0 Å². The molecule has 0 aromatic heterocycles. The summed E-state index contributed by atoms with van der Waals surface area (Å²) in [7, 11) is 0. The van der Waals surface area contributed by atoms with Gasteiger partial charge in [0.1, 0.15) is 0 Å². The molecule has 0 heterocycles. The third-order valence-electron chi connectivity index (χ3n) is 4.30. The Kier molecular flexibility index (Phi) is 9.44. The van der Waals surface area contributed by atoms with Crippen LogP contribution in [0.25, 0.3) is 0 Å². The molecule has 0 aliphatic heterocycles. The van der Waals surface area contributed by atoms with Gasteiger partial charge in [0.15, 0.2) is 0 Å². The van der Waals surface area contributed by atoms with E-state index in [0.717, 1.165) is 77.0 Å². The first-order valence-corrected chi connectivity index (χ1v) is 8.30. The molecule has 2 rings (SSSR count). The molecular formula is C16H32O4. The van der Waals surface area contributed by atoms with Crippen LogP contribution in [0.1, 0.15) is 77.0 Å². The smallest absolute Gasteiger partial charge is 0.0540 e. The summed E-state index contributed by atoms with van der Waals surface area (Å²) in [6.07, 6.45) is 10.5. The fourth-order valence-electron chi connectivity index (χ4n) is 2.93. The van der Waals surface area contributed by atoms with Crippen LogP contribution in [-0.2, 0) is 0 Å². The lowest BCUT2D eigenvalue weighted by molar-refractivity contribution is 0.0947. The van der Waals surface area contributed by atoms with E-state index in [4.69, 9.17) is 0 Å². The van der Waals surface area contributed by atoms with E-state index in [2.05, 4.69) is 0 Å². The van der Waals surface area contributed by atoms with Crippen molar-refractivity contribution >= 4 is 0 Å². The number of rotatable bonds is 0. The molecule has 0 bridgehead atoms. The SMILES string of the molecule is OC1CCCC(O)CCC1.OC1CCCC(O)CCC1. The minimum absolute atomic E-state index is 0.104. The van der Waals surface area contributed by atoms with Crippen molar-refractivity contribution in [3.63, 3.8) is 0 Å². The minimum atomic E-state index is -0.104. The van der Waals surface area contributed by atoms with E-state index in [9.17, 15) is 20.4 Å². The number of aliphatic hydroxyl groups is 4. The first kappa shape index (κ1) is 17.9. The van der Waals surface area contributed by atoms with Crippen LogP contribution >= 0.6 is 0 Å². The van der Waals surface area contributed by atoms with Crippen LogP contribution in [0, 0.1) is 0 Å². The number of aliphatic hydroxyl groups excluding tert-OH is 4. The Hall–Kier alpha value is -0.160. The van der Waals surface area contributed by atoms with Crippen LogP contribution in [0.15, 0.2) is 0 Å². The third kappa shape index (κ3) is 8.90. The van der Waals surface area contributed by atoms with Gasteiger partial charge in [0.05, 0.1) is 24.4 Å². The second-order valence-corrected chi connectivity index (χ2v) is 6.34. The van der Waals surface area contributed by atoms with E-state index in [1.54, 1.807) is 0 Å². The summed E-state index contributed by atoms with van der Waals surface area (Å²) in [5.41, 5.74) is 0. The second kappa shape index (κ2) is 10.6. The Balaban J connectivity index is 0.000000200. The van der Waals surface area contributed by atoms with Gasteiger partial charge in [0, 0.05) is 0 Å². The maximum atomic E-state index is 9.22. The summed E-state index contributed by atoms with van der Waals surface area (Å²) in [5, 5.41) is 36.9. The van der Waals surface area contributed by atoms with Crippen molar-refractivity contribution in [1.82, 2.24) is 0 Å². The summed E-state index contributed by atoms with van der Waals surface area (Å²) in [6.45, 7) is 0. The molecule has 0 aromatic carbocycles. The van der Waals surface area contributed by atoms with Gasteiger partial charge >= 0.3 is 0 Å². The van der Waals surface area contributed by atoms with E-state index in [1.165, 1.54) is 0 Å². The van der Waals surface area contributed by atoms with Gasteiger partial charge in [-0.2, -0.15) is 0 Å². The zero-order valence-electron chi connectivity index (χ0n) is 12.6. The van der Waals surface area contributed by atoms with Crippen molar-refractivity contribution in [2.24, 2.45) is 0 Å². The molecule has 0 aromatic rings. The van der Waals surface area contributed by atoms with E-state index in [1.807, 2.05) is 0 Å². The lowest BCUT2D eigenvalue weighted by Crippen LogP contribution is -2.15. The summed E-state index contributed by atoms with van der Waals surface area (Å²) < 4.78 is 0. The van der Waals surface area contributed by atoms with Gasteiger partial charge in [-0.25, -0.2) is 0 Å². The molecule has 2 aliphatic rings. The molecule has 4 nitrogen and oxygen atoms in total. The summed E-state index contributed by atoms with van der Waals surface area (Å²) in [4.78, 5) is 0. The van der Waals surface area contributed by atoms with Gasteiger partial charge in [-0.3, -0.25) is 0 Å². The molecule has 4 heteroatoms. The highest BCUT2D eigenvalue weighted by atomic mass is 16.3. The second-order valence-electron chi connectivity index (χ2n) is 6.34. The number of hydrogen-bond donors (Lipinski definition) is 4. The molecule has 0 unspecified atom stereocenters. The van der Waals surface area contributed by atoms with Crippen LogP contribution in [0.2, 0.25) is 0 Å². The quantitative estimate of drug-likeness (QED) is 0.550. The van der Waals surface area contributed by atoms with Crippen LogP contribution < -0.4 is 0 Å². The summed E-state index contributed by atoms with van der Waals surface area (Å²) >= 11 is 0. The van der Waals surface area contributed by atoms with Gasteiger partial charge < -0.3 is 20.4 Å². The van der Waals surface area contributed by atoms with Gasteiger partial charge in [-0.05, 0) is 77.0 Å². The molecule has 20 heavy (non-hydrogen) atoms. The van der Waals surface area contributed by atoms with E-state index in [-0.39, 0.29) is 24.4 Å². The Labute approximate surface area is 122 Å². The maximum absolute atomic E-state index is 9.22. The lowest BCUT2D eigenvalue weighted by atomic mass is 9.97. The normalized spacial score (nSPS) is 36.6.